The number of ether oxygens (including phenoxy) is 3. The van der Waals surface area contributed by atoms with E-state index in [0.717, 1.165) is 82.1 Å². The van der Waals surface area contributed by atoms with Gasteiger partial charge in [-0.2, -0.15) is 0 Å². The number of nitrogens with zero attached hydrogens (tertiary/aromatic N) is 3. The lowest BCUT2D eigenvalue weighted by Crippen LogP contribution is -2.23. The van der Waals surface area contributed by atoms with Crippen LogP contribution in [0, 0.1) is 11.7 Å². The Kier molecular flexibility index (Phi) is 10.4. The van der Waals surface area contributed by atoms with Gasteiger partial charge in [0.15, 0.2) is 5.82 Å². The van der Waals surface area contributed by atoms with E-state index < -0.39 is 11.7 Å². The van der Waals surface area contributed by atoms with E-state index in [2.05, 4.69) is 31.0 Å². The number of carbonyl (C=O) groups excluding carboxylic acids is 1. The van der Waals surface area contributed by atoms with Crippen molar-refractivity contribution in [2.75, 3.05) is 32.0 Å². The van der Waals surface area contributed by atoms with E-state index in [1.165, 1.54) is 25.3 Å². The Labute approximate surface area is 288 Å². The molecular weight excluding hydrogens is 677 g/mol. The summed E-state index contributed by atoms with van der Waals surface area (Å²) in [7, 11) is 4.74. The molecule has 11 heteroatoms. The molecule has 9 nitrogen and oxygen atoms in total. The molecule has 0 saturated heterocycles. The highest BCUT2D eigenvalue weighted by atomic mass is 79.9. The SMILES string of the molecule is COc1ccc(CNc2nccn3c(C4CCC(CBr)CC4)nc(-c4ccc(CNC(=O)c5cc(F)ccc5OC)cc4)c23)c(OC)c1. The highest BCUT2D eigenvalue weighted by Gasteiger charge is 2.27. The number of halogens is 2. The van der Waals surface area contributed by atoms with Crippen molar-refractivity contribution < 1.29 is 23.4 Å². The topological polar surface area (TPSA) is 99.0 Å². The number of hydrogen-bond donors (Lipinski definition) is 2. The summed E-state index contributed by atoms with van der Waals surface area (Å²) in [5, 5.41) is 7.45. The molecule has 0 radical (unpaired) electrons. The van der Waals surface area contributed by atoms with Crippen LogP contribution in [0.1, 0.15) is 58.9 Å². The van der Waals surface area contributed by atoms with Gasteiger partial charge in [-0.3, -0.25) is 9.20 Å². The van der Waals surface area contributed by atoms with Crippen LogP contribution in [-0.4, -0.2) is 46.9 Å². The Bertz CT molecular complexity index is 1890. The van der Waals surface area contributed by atoms with Crippen LogP contribution < -0.4 is 24.8 Å². The summed E-state index contributed by atoms with van der Waals surface area (Å²) in [5.41, 5.74) is 4.69. The van der Waals surface area contributed by atoms with Crippen molar-refractivity contribution >= 4 is 33.2 Å². The van der Waals surface area contributed by atoms with Gasteiger partial charge in [0.25, 0.3) is 5.91 Å². The molecule has 1 aliphatic carbocycles. The Morgan fingerprint density at radius 1 is 0.938 bits per heavy atom. The predicted molar refractivity (Wildman–Crippen MR) is 188 cm³/mol. The molecule has 2 heterocycles. The molecule has 5 aromatic rings. The molecule has 2 N–H and O–H groups in total. The lowest BCUT2D eigenvalue weighted by atomic mass is 9.82. The largest absolute Gasteiger partial charge is 0.497 e. The first kappa shape index (κ1) is 33.3. The average Bonchev–Trinajstić information content (AvgIpc) is 3.53. The van der Waals surface area contributed by atoms with E-state index in [4.69, 9.17) is 24.2 Å². The number of imidazole rings is 1. The van der Waals surface area contributed by atoms with Crippen LogP contribution >= 0.6 is 15.9 Å². The molecule has 3 aromatic carbocycles. The van der Waals surface area contributed by atoms with Crippen LogP contribution in [-0.2, 0) is 13.1 Å². The van der Waals surface area contributed by atoms with E-state index in [1.54, 1.807) is 14.2 Å². The number of alkyl halides is 1. The van der Waals surface area contributed by atoms with Gasteiger partial charge < -0.3 is 24.8 Å². The highest BCUT2D eigenvalue weighted by Crippen LogP contribution is 2.39. The lowest BCUT2D eigenvalue weighted by molar-refractivity contribution is 0.0947. The average molecular weight is 717 g/mol. The molecule has 250 valence electrons. The Hall–Kier alpha value is -4.64. The van der Waals surface area contributed by atoms with Crippen molar-refractivity contribution in [2.24, 2.45) is 5.92 Å². The number of amides is 1. The Morgan fingerprint density at radius 3 is 2.42 bits per heavy atom. The van der Waals surface area contributed by atoms with E-state index in [-0.39, 0.29) is 12.1 Å². The maximum atomic E-state index is 13.8. The van der Waals surface area contributed by atoms with Crippen molar-refractivity contribution in [3.05, 3.63) is 101 Å². The van der Waals surface area contributed by atoms with Gasteiger partial charge in [-0.15, -0.1) is 0 Å². The smallest absolute Gasteiger partial charge is 0.255 e. The molecule has 0 spiro atoms. The van der Waals surface area contributed by atoms with Crippen LogP contribution in [0.2, 0.25) is 0 Å². The van der Waals surface area contributed by atoms with Crippen LogP contribution in [0.5, 0.6) is 17.2 Å². The zero-order valence-corrected chi connectivity index (χ0v) is 28.8. The number of anilines is 1. The molecule has 48 heavy (non-hydrogen) atoms. The molecule has 0 unspecified atom stereocenters. The van der Waals surface area contributed by atoms with Gasteiger partial charge in [-0.1, -0.05) is 40.2 Å². The summed E-state index contributed by atoms with van der Waals surface area (Å²) in [6, 6.07) is 17.6. The summed E-state index contributed by atoms with van der Waals surface area (Å²) >= 11 is 3.67. The van der Waals surface area contributed by atoms with Gasteiger partial charge in [0.1, 0.15) is 40.1 Å². The molecule has 0 bridgehead atoms. The minimum Gasteiger partial charge on any atom is -0.497 e. The van der Waals surface area contributed by atoms with Crippen molar-refractivity contribution in [3.8, 4) is 28.5 Å². The number of carbonyl (C=O) groups is 1. The number of benzene rings is 3. The Morgan fingerprint density at radius 2 is 1.71 bits per heavy atom. The quantitative estimate of drug-likeness (QED) is 0.127. The van der Waals surface area contributed by atoms with E-state index in [0.29, 0.717) is 24.1 Å². The number of methoxy groups -OCH3 is 3. The fourth-order valence-corrected chi connectivity index (χ4v) is 7.00. The standard InChI is InChI=1S/C37H39BrFN5O4/c1-46-29-14-12-27(32(19-29)48-3)22-41-35-34-33(43-36(44(34)17-16-40-35)26-10-4-23(20-38)5-11-26)25-8-6-24(7-9-25)21-42-37(45)30-18-28(39)13-15-31(30)47-2/h6-9,12-19,23,26H,4-5,10-11,20-22H2,1-3H3,(H,40,41)(H,42,45). The number of rotatable bonds is 12. The number of hydrogen-bond acceptors (Lipinski definition) is 7. The number of fused-ring (bicyclic) bond motifs is 1. The summed E-state index contributed by atoms with van der Waals surface area (Å²) in [6.07, 6.45) is 8.31. The molecule has 1 fully saturated rings. The lowest BCUT2D eigenvalue weighted by Gasteiger charge is -2.26. The summed E-state index contributed by atoms with van der Waals surface area (Å²) in [5.74, 6) is 3.66. The second kappa shape index (κ2) is 15.1. The van der Waals surface area contributed by atoms with E-state index in [1.807, 2.05) is 54.9 Å². The summed E-state index contributed by atoms with van der Waals surface area (Å²) in [6.45, 7) is 0.758. The molecule has 0 aliphatic heterocycles. The first-order valence-electron chi connectivity index (χ1n) is 16.0. The monoisotopic (exact) mass is 715 g/mol. The third-order valence-electron chi connectivity index (χ3n) is 9.04. The van der Waals surface area contributed by atoms with Gasteiger partial charge in [-0.05, 0) is 67.5 Å². The van der Waals surface area contributed by atoms with Crippen molar-refractivity contribution in [1.82, 2.24) is 19.7 Å². The third-order valence-corrected chi connectivity index (χ3v) is 9.95. The second-order valence-electron chi connectivity index (χ2n) is 11.9. The molecule has 1 amide bonds. The summed E-state index contributed by atoms with van der Waals surface area (Å²) in [4.78, 5) is 22.9. The molecule has 1 aliphatic rings. The van der Waals surface area contributed by atoms with Crippen molar-refractivity contribution in [3.63, 3.8) is 0 Å². The fourth-order valence-electron chi connectivity index (χ4n) is 6.35. The predicted octanol–water partition coefficient (Wildman–Crippen LogP) is 7.77. The van der Waals surface area contributed by atoms with Crippen LogP contribution in [0.4, 0.5) is 10.2 Å². The minimum absolute atomic E-state index is 0.149. The van der Waals surface area contributed by atoms with Crippen molar-refractivity contribution in [2.45, 2.75) is 44.7 Å². The van der Waals surface area contributed by atoms with Crippen LogP contribution in [0.25, 0.3) is 16.8 Å². The van der Waals surface area contributed by atoms with Gasteiger partial charge in [0, 0.05) is 53.9 Å². The van der Waals surface area contributed by atoms with Gasteiger partial charge in [0.05, 0.1) is 26.9 Å². The molecule has 1 saturated carbocycles. The zero-order valence-electron chi connectivity index (χ0n) is 27.3. The normalized spacial score (nSPS) is 16.0. The van der Waals surface area contributed by atoms with E-state index >= 15 is 0 Å². The number of nitrogens with one attached hydrogen (secondary N) is 2. The summed E-state index contributed by atoms with van der Waals surface area (Å²) < 4.78 is 32.3. The first-order valence-corrected chi connectivity index (χ1v) is 17.1. The van der Waals surface area contributed by atoms with Crippen molar-refractivity contribution in [1.29, 1.82) is 0 Å². The van der Waals surface area contributed by atoms with Crippen LogP contribution in [0.3, 0.4) is 0 Å². The third kappa shape index (κ3) is 7.11. The van der Waals surface area contributed by atoms with Crippen LogP contribution in [0.15, 0.2) is 73.1 Å². The first-order chi connectivity index (χ1) is 23.4. The van der Waals surface area contributed by atoms with Gasteiger partial charge in [-0.25, -0.2) is 14.4 Å². The minimum atomic E-state index is -0.500. The molecular formula is C37H39BrFN5O4. The second-order valence-corrected chi connectivity index (χ2v) is 12.6. The molecule has 2 aromatic heterocycles. The van der Waals surface area contributed by atoms with Gasteiger partial charge in [0.2, 0.25) is 0 Å². The Balaban J connectivity index is 1.29. The maximum Gasteiger partial charge on any atom is 0.255 e. The fraction of sp³-hybridized carbons (Fsp3) is 0.324. The zero-order chi connectivity index (χ0) is 33.6. The highest BCUT2D eigenvalue weighted by molar-refractivity contribution is 9.09. The molecule has 0 atom stereocenters. The number of aromatic nitrogens is 3. The maximum absolute atomic E-state index is 13.8. The van der Waals surface area contributed by atoms with Gasteiger partial charge >= 0.3 is 0 Å². The van der Waals surface area contributed by atoms with E-state index in [9.17, 15) is 9.18 Å². The molecule has 6 rings (SSSR count).